The second-order valence-electron chi connectivity index (χ2n) is 2.60. The lowest BCUT2D eigenvalue weighted by atomic mass is 10.1. The molecule has 1 N–H and O–H groups in total. The molecule has 9 heavy (non-hydrogen) atoms. The van der Waals surface area contributed by atoms with E-state index in [9.17, 15) is 4.79 Å². The van der Waals surface area contributed by atoms with E-state index in [-0.39, 0.29) is 5.91 Å². The lowest BCUT2D eigenvalue weighted by Crippen LogP contribution is -2.25. The first-order valence-corrected chi connectivity index (χ1v) is 3.56. The molecule has 0 aromatic carbocycles. The Morgan fingerprint density at radius 1 is 1.44 bits per heavy atom. The van der Waals surface area contributed by atoms with Crippen LogP contribution in [-0.4, -0.2) is 13.0 Å². The van der Waals surface area contributed by atoms with Gasteiger partial charge in [0.15, 0.2) is 0 Å². The average Bonchev–Trinajstić information content (AvgIpc) is 2.37. The largest absolute Gasteiger partial charge is 0.359 e. The van der Waals surface area contributed by atoms with Gasteiger partial charge in [-0.25, -0.2) is 0 Å². The van der Waals surface area contributed by atoms with E-state index in [1.165, 1.54) is 12.8 Å². The smallest absolute Gasteiger partial charge is 0.222 e. The first kappa shape index (κ1) is 6.59. The summed E-state index contributed by atoms with van der Waals surface area (Å²) in [5.41, 5.74) is 0. The Morgan fingerprint density at radius 3 is 2.44 bits per heavy atom. The van der Waals surface area contributed by atoms with Crippen molar-refractivity contribution >= 4 is 5.91 Å². The minimum absolute atomic E-state index is 0.229. The minimum atomic E-state index is 0.229. The number of rotatable bonds is 1. The molecule has 1 aliphatic carbocycles. The Hall–Kier alpha value is -0.530. The predicted molar refractivity (Wildman–Crippen MR) is 36.0 cm³/mol. The number of carbonyl (C=O) groups excluding carboxylic acids is 1. The highest BCUT2D eigenvalue weighted by Crippen LogP contribution is 2.24. The number of hydrogen-bond acceptors (Lipinski definition) is 1. The Kier molecular flexibility index (Phi) is 2.09. The van der Waals surface area contributed by atoms with Crippen LogP contribution in [0.4, 0.5) is 0 Å². The normalized spacial score (nSPS) is 20.1. The summed E-state index contributed by atoms with van der Waals surface area (Å²) in [4.78, 5) is 10.9. The Labute approximate surface area is 55.6 Å². The van der Waals surface area contributed by atoms with E-state index < -0.39 is 0 Å². The third-order valence-electron chi connectivity index (χ3n) is 1.97. The van der Waals surface area contributed by atoms with Gasteiger partial charge in [0.2, 0.25) is 5.91 Å². The molecule has 0 aliphatic heterocycles. The molecule has 1 rings (SSSR count). The zero-order valence-electron chi connectivity index (χ0n) is 5.81. The highest BCUT2D eigenvalue weighted by atomic mass is 16.1. The third-order valence-corrected chi connectivity index (χ3v) is 1.97. The quantitative estimate of drug-likeness (QED) is 0.557. The fourth-order valence-electron chi connectivity index (χ4n) is 1.39. The van der Waals surface area contributed by atoms with Crippen molar-refractivity contribution in [3.05, 3.63) is 0 Å². The van der Waals surface area contributed by atoms with E-state index in [1.54, 1.807) is 7.05 Å². The van der Waals surface area contributed by atoms with Crippen LogP contribution in [-0.2, 0) is 4.79 Å². The molecule has 0 spiro atoms. The van der Waals surface area contributed by atoms with Crippen molar-refractivity contribution in [1.82, 2.24) is 5.32 Å². The van der Waals surface area contributed by atoms with E-state index in [0.29, 0.717) is 5.92 Å². The standard InChI is InChI=1S/C7H13NO/c1-8-7(9)6-4-2-3-5-6/h6H,2-5H2,1H3,(H,8,9). The summed E-state index contributed by atoms with van der Waals surface area (Å²) in [6.07, 6.45) is 4.66. The van der Waals surface area contributed by atoms with Crippen LogP contribution >= 0.6 is 0 Å². The fraction of sp³-hybridized carbons (Fsp3) is 0.857. The van der Waals surface area contributed by atoms with Crippen molar-refractivity contribution in [2.45, 2.75) is 25.7 Å². The van der Waals surface area contributed by atoms with Gasteiger partial charge in [-0.2, -0.15) is 0 Å². The number of carbonyl (C=O) groups is 1. The van der Waals surface area contributed by atoms with E-state index in [2.05, 4.69) is 5.32 Å². The summed E-state index contributed by atoms with van der Waals surface area (Å²) in [6, 6.07) is 0. The summed E-state index contributed by atoms with van der Waals surface area (Å²) in [5, 5.41) is 2.67. The first-order chi connectivity index (χ1) is 4.34. The predicted octanol–water partition coefficient (Wildman–Crippen LogP) is 0.923. The zero-order chi connectivity index (χ0) is 6.69. The fourth-order valence-corrected chi connectivity index (χ4v) is 1.39. The lowest BCUT2D eigenvalue weighted by Gasteiger charge is -2.04. The summed E-state index contributed by atoms with van der Waals surface area (Å²) < 4.78 is 0. The number of hydrogen-bond donors (Lipinski definition) is 1. The Morgan fingerprint density at radius 2 is 2.00 bits per heavy atom. The molecule has 0 heterocycles. The molecule has 0 aromatic heterocycles. The van der Waals surface area contributed by atoms with Gasteiger partial charge in [-0.15, -0.1) is 0 Å². The zero-order valence-corrected chi connectivity index (χ0v) is 5.81. The molecule has 2 nitrogen and oxygen atoms in total. The highest BCUT2D eigenvalue weighted by molar-refractivity contribution is 5.78. The molecular formula is C7H13NO. The van der Waals surface area contributed by atoms with E-state index >= 15 is 0 Å². The second kappa shape index (κ2) is 2.85. The van der Waals surface area contributed by atoms with Crippen LogP contribution in [0.2, 0.25) is 0 Å². The molecule has 0 radical (unpaired) electrons. The van der Waals surface area contributed by atoms with Crippen LogP contribution in [0.15, 0.2) is 0 Å². The van der Waals surface area contributed by atoms with Gasteiger partial charge in [0.25, 0.3) is 0 Å². The van der Waals surface area contributed by atoms with Crippen molar-refractivity contribution in [2.24, 2.45) is 5.92 Å². The molecule has 0 bridgehead atoms. The topological polar surface area (TPSA) is 29.1 Å². The lowest BCUT2D eigenvalue weighted by molar-refractivity contribution is -0.124. The summed E-state index contributed by atoms with van der Waals surface area (Å²) in [7, 11) is 1.71. The molecule has 2 heteroatoms. The Bertz CT molecular complexity index is 105. The van der Waals surface area contributed by atoms with Crippen molar-refractivity contribution in [3.8, 4) is 0 Å². The highest BCUT2D eigenvalue weighted by Gasteiger charge is 2.20. The van der Waals surface area contributed by atoms with Gasteiger partial charge in [0.05, 0.1) is 0 Å². The van der Waals surface area contributed by atoms with Crippen molar-refractivity contribution < 1.29 is 4.79 Å². The van der Waals surface area contributed by atoms with Gasteiger partial charge in [0, 0.05) is 13.0 Å². The van der Waals surface area contributed by atoms with Crippen LogP contribution in [0.5, 0.6) is 0 Å². The molecule has 1 aliphatic rings. The molecule has 1 amide bonds. The van der Waals surface area contributed by atoms with Crippen LogP contribution in [0.1, 0.15) is 25.7 Å². The molecular weight excluding hydrogens is 114 g/mol. The maximum absolute atomic E-state index is 10.9. The molecule has 52 valence electrons. The van der Waals surface area contributed by atoms with Crippen molar-refractivity contribution in [3.63, 3.8) is 0 Å². The summed E-state index contributed by atoms with van der Waals surface area (Å²) in [6.45, 7) is 0. The average molecular weight is 127 g/mol. The van der Waals surface area contributed by atoms with Gasteiger partial charge in [0.1, 0.15) is 0 Å². The Balaban J connectivity index is 2.32. The number of amides is 1. The van der Waals surface area contributed by atoms with Gasteiger partial charge in [-0.1, -0.05) is 12.8 Å². The van der Waals surface area contributed by atoms with E-state index in [4.69, 9.17) is 0 Å². The second-order valence-corrected chi connectivity index (χ2v) is 2.60. The van der Waals surface area contributed by atoms with Gasteiger partial charge in [-0.05, 0) is 12.8 Å². The van der Waals surface area contributed by atoms with E-state index in [0.717, 1.165) is 12.8 Å². The molecule has 1 saturated carbocycles. The number of nitrogens with one attached hydrogen (secondary N) is 1. The van der Waals surface area contributed by atoms with Crippen LogP contribution in [0.3, 0.4) is 0 Å². The maximum Gasteiger partial charge on any atom is 0.222 e. The molecule has 0 saturated heterocycles. The molecule has 0 atom stereocenters. The summed E-state index contributed by atoms with van der Waals surface area (Å²) in [5.74, 6) is 0.558. The SMILES string of the molecule is CNC(=O)C1CCCC1. The van der Waals surface area contributed by atoms with E-state index in [1.807, 2.05) is 0 Å². The van der Waals surface area contributed by atoms with Crippen LogP contribution < -0.4 is 5.32 Å². The minimum Gasteiger partial charge on any atom is -0.359 e. The van der Waals surface area contributed by atoms with Crippen LogP contribution in [0, 0.1) is 5.92 Å². The van der Waals surface area contributed by atoms with Crippen molar-refractivity contribution in [1.29, 1.82) is 0 Å². The third kappa shape index (κ3) is 1.44. The monoisotopic (exact) mass is 127 g/mol. The first-order valence-electron chi connectivity index (χ1n) is 3.56. The maximum atomic E-state index is 10.9. The van der Waals surface area contributed by atoms with Gasteiger partial charge < -0.3 is 5.32 Å². The summed E-state index contributed by atoms with van der Waals surface area (Å²) >= 11 is 0. The van der Waals surface area contributed by atoms with Gasteiger partial charge in [-0.3, -0.25) is 4.79 Å². The van der Waals surface area contributed by atoms with Gasteiger partial charge >= 0.3 is 0 Å². The van der Waals surface area contributed by atoms with Crippen molar-refractivity contribution in [2.75, 3.05) is 7.05 Å². The molecule has 0 unspecified atom stereocenters. The van der Waals surface area contributed by atoms with Crippen LogP contribution in [0.25, 0.3) is 0 Å². The molecule has 0 aromatic rings. The molecule has 1 fully saturated rings.